The molecule has 1 atom stereocenters. The molecule has 1 unspecified atom stereocenters. The fourth-order valence-electron chi connectivity index (χ4n) is 3.28. The number of aliphatic hydroxyl groups is 1. The second-order valence-corrected chi connectivity index (χ2v) is 6.75. The summed E-state index contributed by atoms with van der Waals surface area (Å²) in [7, 11) is 0. The third-order valence-corrected chi connectivity index (χ3v) is 4.96. The molecule has 23 heavy (non-hydrogen) atoms. The van der Waals surface area contributed by atoms with Gasteiger partial charge >= 0.3 is 0 Å². The van der Waals surface area contributed by atoms with Gasteiger partial charge in [0.05, 0.1) is 12.3 Å². The van der Waals surface area contributed by atoms with Gasteiger partial charge in [0.2, 0.25) is 0 Å². The molecule has 1 saturated heterocycles. The molecule has 0 aliphatic carbocycles. The topological polar surface area (TPSA) is 41.3 Å². The lowest BCUT2D eigenvalue weighted by Gasteiger charge is -2.34. The Bertz CT molecular complexity index is 617. The zero-order valence-electron chi connectivity index (χ0n) is 13.5. The molecule has 1 aliphatic heterocycles. The number of halogens is 1. The van der Waals surface area contributed by atoms with E-state index in [0.29, 0.717) is 10.9 Å². The minimum absolute atomic E-state index is 0.325. The first kappa shape index (κ1) is 16.5. The lowest BCUT2D eigenvalue weighted by molar-refractivity contribution is 0.0568. The molecule has 1 aliphatic rings. The number of aromatic nitrogens is 2. The minimum atomic E-state index is -0.391. The van der Waals surface area contributed by atoms with Crippen LogP contribution in [-0.2, 0) is 13.1 Å². The van der Waals surface area contributed by atoms with Gasteiger partial charge < -0.3 is 5.11 Å². The Morgan fingerprint density at radius 2 is 1.96 bits per heavy atom. The van der Waals surface area contributed by atoms with Crippen LogP contribution in [0.3, 0.4) is 0 Å². The summed E-state index contributed by atoms with van der Waals surface area (Å²) < 4.78 is 1.96. The molecule has 1 fully saturated rings. The van der Waals surface area contributed by atoms with Gasteiger partial charge in [0.25, 0.3) is 0 Å². The summed E-state index contributed by atoms with van der Waals surface area (Å²) in [5.41, 5.74) is 2.24. The Kier molecular flexibility index (Phi) is 5.36. The first-order chi connectivity index (χ1) is 11.2. The summed E-state index contributed by atoms with van der Waals surface area (Å²) in [6.07, 6.45) is 5.72. The molecule has 5 heteroatoms. The van der Waals surface area contributed by atoms with Gasteiger partial charge in [-0.15, -0.1) is 0 Å². The highest BCUT2D eigenvalue weighted by Crippen LogP contribution is 2.31. The molecule has 0 bridgehead atoms. The van der Waals surface area contributed by atoms with E-state index in [0.717, 1.165) is 44.6 Å². The highest BCUT2D eigenvalue weighted by atomic mass is 35.5. The number of hydrogen-bond acceptors (Lipinski definition) is 3. The number of benzene rings is 1. The van der Waals surface area contributed by atoms with E-state index in [9.17, 15) is 5.11 Å². The van der Waals surface area contributed by atoms with Gasteiger partial charge in [-0.25, -0.2) is 0 Å². The Hall–Kier alpha value is -1.36. The van der Waals surface area contributed by atoms with Crippen LogP contribution in [0, 0.1) is 5.92 Å². The smallest absolute Gasteiger partial charge is 0.0819 e. The lowest BCUT2D eigenvalue weighted by Crippen LogP contribution is -2.35. The average Bonchev–Trinajstić information content (AvgIpc) is 3.03. The molecule has 0 radical (unpaired) electrons. The average molecular weight is 334 g/mol. The molecule has 1 aromatic carbocycles. The molecule has 0 amide bonds. The first-order valence-electron chi connectivity index (χ1n) is 8.33. The summed E-state index contributed by atoms with van der Waals surface area (Å²) >= 11 is 5.92. The van der Waals surface area contributed by atoms with E-state index >= 15 is 0 Å². The van der Waals surface area contributed by atoms with Crippen LogP contribution in [0.5, 0.6) is 0 Å². The number of piperidine rings is 1. The third kappa shape index (κ3) is 4.14. The van der Waals surface area contributed by atoms with Crippen molar-refractivity contribution in [2.45, 2.75) is 39.0 Å². The standard InChI is InChI=1S/C18H24ClN3O/c1-2-22-13-14(11-20-22)12-21-9-7-16(8-10-21)18(23)15-3-5-17(19)6-4-15/h3-6,11,13,16,18,23H,2,7-10,12H2,1H3. The van der Waals surface area contributed by atoms with Crippen LogP contribution in [-0.4, -0.2) is 32.9 Å². The van der Waals surface area contributed by atoms with Gasteiger partial charge in [0.15, 0.2) is 0 Å². The van der Waals surface area contributed by atoms with Crippen LogP contribution < -0.4 is 0 Å². The maximum atomic E-state index is 10.6. The molecule has 3 rings (SSSR count). The van der Waals surface area contributed by atoms with Crippen LogP contribution >= 0.6 is 11.6 Å². The number of nitrogens with zero attached hydrogens (tertiary/aromatic N) is 3. The number of aryl methyl sites for hydroxylation is 1. The summed E-state index contributed by atoms with van der Waals surface area (Å²) in [6, 6.07) is 7.55. The highest BCUT2D eigenvalue weighted by Gasteiger charge is 2.26. The predicted molar refractivity (Wildman–Crippen MR) is 92.3 cm³/mol. The summed E-state index contributed by atoms with van der Waals surface area (Å²) in [5, 5.41) is 15.6. The van der Waals surface area contributed by atoms with Crippen molar-refractivity contribution in [3.05, 3.63) is 52.8 Å². The van der Waals surface area contributed by atoms with Crippen molar-refractivity contribution >= 4 is 11.6 Å². The number of hydrogen-bond donors (Lipinski definition) is 1. The van der Waals surface area contributed by atoms with Crippen LogP contribution in [0.1, 0.15) is 37.0 Å². The Balaban J connectivity index is 1.52. The monoisotopic (exact) mass is 333 g/mol. The van der Waals surface area contributed by atoms with Gasteiger partial charge in [-0.3, -0.25) is 9.58 Å². The van der Waals surface area contributed by atoms with Crippen LogP contribution in [0.15, 0.2) is 36.7 Å². The largest absolute Gasteiger partial charge is 0.388 e. The predicted octanol–water partition coefficient (Wildman–Crippen LogP) is 3.50. The van der Waals surface area contributed by atoms with Gasteiger partial charge in [-0.1, -0.05) is 23.7 Å². The highest BCUT2D eigenvalue weighted by molar-refractivity contribution is 6.30. The molecule has 1 N–H and O–H groups in total. The van der Waals surface area contributed by atoms with Crippen molar-refractivity contribution in [3.8, 4) is 0 Å². The van der Waals surface area contributed by atoms with Crippen LogP contribution in [0.2, 0.25) is 5.02 Å². The number of likely N-dealkylation sites (tertiary alicyclic amines) is 1. The molecule has 4 nitrogen and oxygen atoms in total. The second kappa shape index (κ2) is 7.47. The first-order valence-corrected chi connectivity index (χ1v) is 8.70. The van der Waals surface area contributed by atoms with Crippen molar-refractivity contribution in [3.63, 3.8) is 0 Å². The number of aliphatic hydroxyl groups excluding tert-OH is 1. The fourth-order valence-corrected chi connectivity index (χ4v) is 3.40. The molecule has 0 spiro atoms. The number of rotatable bonds is 5. The molecule has 2 aromatic rings. The molecule has 2 heterocycles. The molecule has 124 valence electrons. The van der Waals surface area contributed by atoms with E-state index in [1.807, 2.05) is 35.1 Å². The van der Waals surface area contributed by atoms with E-state index in [4.69, 9.17) is 11.6 Å². The van der Waals surface area contributed by atoms with E-state index < -0.39 is 6.10 Å². The summed E-state index contributed by atoms with van der Waals surface area (Å²) in [5.74, 6) is 0.325. The van der Waals surface area contributed by atoms with Crippen molar-refractivity contribution in [2.24, 2.45) is 5.92 Å². The SMILES string of the molecule is CCn1cc(CN2CCC(C(O)c3ccc(Cl)cc3)CC2)cn1. The molecular weight excluding hydrogens is 310 g/mol. The van der Waals surface area contributed by atoms with Crippen molar-refractivity contribution < 1.29 is 5.11 Å². The summed E-state index contributed by atoms with van der Waals surface area (Å²) in [6.45, 7) is 6.00. The zero-order valence-corrected chi connectivity index (χ0v) is 14.3. The Labute approximate surface area is 142 Å². The van der Waals surface area contributed by atoms with E-state index in [-0.39, 0.29) is 0 Å². The zero-order chi connectivity index (χ0) is 16.2. The van der Waals surface area contributed by atoms with Gasteiger partial charge in [0, 0.05) is 29.9 Å². The van der Waals surface area contributed by atoms with E-state index in [1.165, 1.54) is 5.56 Å². The van der Waals surface area contributed by atoms with Gasteiger partial charge in [-0.05, 0) is 56.5 Å². The molecule has 1 aromatic heterocycles. The van der Waals surface area contributed by atoms with Crippen molar-refractivity contribution in [1.82, 2.24) is 14.7 Å². The second-order valence-electron chi connectivity index (χ2n) is 6.31. The van der Waals surface area contributed by atoms with Crippen molar-refractivity contribution in [2.75, 3.05) is 13.1 Å². The Morgan fingerprint density at radius 3 is 2.57 bits per heavy atom. The van der Waals surface area contributed by atoms with E-state index in [1.54, 1.807) is 0 Å². The van der Waals surface area contributed by atoms with Crippen LogP contribution in [0.25, 0.3) is 0 Å². The normalized spacial score (nSPS) is 18.2. The van der Waals surface area contributed by atoms with Gasteiger partial charge in [-0.2, -0.15) is 5.10 Å². The lowest BCUT2D eigenvalue weighted by atomic mass is 9.87. The fraction of sp³-hybridized carbons (Fsp3) is 0.500. The van der Waals surface area contributed by atoms with Crippen LogP contribution in [0.4, 0.5) is 0 Å². The van der Waals surface area contributed by atoms with E-state index in [2.05, 4.69) is 23.1 Å². The maximum absolute atomic E-state index is 10.6. The summed E-state index contributed by atoms with van der Waals surface area (Å²) in [4.78, 5) is 2.45. The Morgan fingerprint density at radius 1 is 1.26 bits per heavy atom. The van der Waals surface area contributed by atoms with Crippen molar-refractivity contribution in [1.29, 1.82) is 0 Å². The molecular formula is C18H24ClN3O. The van der Waals surface area contributed by atoms with Gasteiger partial charge in [0.1, 0.15) is 0 Å². The minimum Gasteiger partial charge on any atom is -0.388 e. The quantitative estimate of drug-likeness (QED) is 0.910. The maximum Gasteiger partial charge on any atom is 0.0819 e. The molecule has 0 saturated carbocycles. The third-order valence-electron chi connectivity index (χ3n) is 4.71.